The average molecular weight is 294 g/mol. The maximum atomic E-state index is 11.6. The SMILES string of the molecule is CC(=O)NCCNC(=O)C(=O)Nc1ccccc1[N+](=O)[O-]. The van der Waals surface area contributed by atoms with E-state index in [9.17, 15) is 24.5 Å². The van der Waals surface area contributed by atoms with E-state index in [1.165, 1.54) is 31.2 Å². The number of nitrogens with zero attached hydrogens (tertiary/aromatic N) is 1. The Morgan fingerprint density at radius 1 is 1.10 bits per heavy atom. The third-order valence-corrected chi connectivity index (χ3v) is 2.34. The van der Waals surface area contributed by atoms with Crippen molar-refractivity contribution in [2.75, 3.05) is 18.4 Å². The predicted molar refractivity (Wildman–Crippen MR) is 73.4 cm³/mol. The van der Waals surface area contributed by atoms with E-state index in [1.807, 2.05) is 0 Å². The van der Waals surface area contributed by atoms with Crippen LogP contribution in [0.5, 0.6) is 0 Å². The van der Waals surface area contributed by atoms with E-state index in [4.69, 9.17) is 0 Å². The minimum absolute atomic E-state index is 0.0653. The third-order valence-electron chi connectivity index (χ3n) is 2.34. The van der Waals surface area contributed by atoms with Crippen LogP contribution in [-0.4, -0.2) is 35.7 Å². The zero-order chi connectivity index (χ0) is 15.8. The van der Waals surface area contributed by atoms with Crippen LogP contribution in [0.15, 0.2) is 24.3 Å². The minimum Gasteiger partial charge on any atom is -0.355 e. The summed E-state index contributed by atoms with van der Waals surface area (Å²) in [5.41, 5.74) is -0.374. The molecule has 0 spiro atoms. The highest BCUT2D eigenvalue weighted by Crippen LogP contribution is 2.22. The van der Waals surface area contributed by atoms with E-state index in [0.717, 1.165) is 0 Å². The van der Waals surface area contributed by atoms with Gasteiger partial charge >= 0.3 is 11.8 Å². The summed E-state index contributed by atoms with van der Waals surface area (Å²) in [5.74, 6) is -2.22. The van der Waals surface area contributed by atoms with Crippen LogP contribution in [0.1, 0.15) is 6.92 Å². The number of rotatable bonds is 5. The van der Waals surface area contributed by atoms with Gasteiger partial charge < -0.3 is 16.0 Å². The molecule has 1 aromatic carbocycles. The lowest BCUT2D eigenvalue weighted by atomic mass is 10.2. The van der Waals surface area contributed by atoms with Crippen LogP contribution in [0, 0.1) is 10.1 Å². The van der Waals surface area contributed by atoms with Gasteiger partial charge in [-0.3, -0.25) is 24.5 Å². The third kappa shape index (κ3) is 5.27. The predicted octanol–water partition coefficient (Wildman–Crippen LogP) is -0.214. The normalized spacial score (nSPS) is 9.57. The van der Waals surface area contributed by atoms with Crippen molar-refractivity contribution in [3.05, 3.63) is 34.4 Å². The number of nitro benzene ring substituents is 1. The summed E-state index contributed by atoms with van der Waals surface area (Å²) >= 11 is 0. The van der Waals surface area contributed by atoms with Gasteiger partial charge in [0.25, 0.3) is 5.69 Å². The number of carbonyl (C=O) groups excluding carboxylic acids is 3. The van der Waals surface area contributed by atoms with Gasteiger partial charge in [0.1, 0.15) is 5.69 Å². The summed E-state index contributed by atoms with van der Waals surface area (Å²) in [5, 5.41) is 17.6. The molecule has 0 heterocycles. The standard InChI is InChI=1S/C12H14N4O5/c1-8(17)13-6-7-14-11(18)12(19)15-9-4-2-3-5-10(9)16(20)21/h2-5H,6-7H2,1H3,(H,13,17)(H,14,18)(H,15,19). The van der Waals surface area contributed by atoms with Crippen LogP contribution >= 0.6 is 0 Å². The lowest BCUT2D eigenvalue weighted by Gasteiger charge is -2.07. The number of nitrogens with one attached hydrogen (secondary N) is 3. The van der Waals surface area contributed by atoms with Gasteiger partial charge in [0.15, 0.2) is 0 Å². The second-order valence-corrected chi connectivity index (χ2v) is 3.97. The number of hydrogen-bond donors (Lipinski definition) is 3. The molecule has 0 radical (unpaired) electrons. The number of anilines is 1. The quantitative estimate of drug-likeness (QED) is 0.299. The second-order valence-electron chi connectivity index (χ2n) is 3.97. The summed E-state index contributed by atoms with van der Waals surface area (Å²) in [6.07, 6.45) is 0. The molecular weight excluding hydrogens is 280 g/mol. The monoisotopic (exact) mass is 294 g/mol. The van der Waals surface area contributed by atoms with Gasteiger partial charge in [-0.25, -0.2) is 0 Å². The largest absolute Gasteiger partial charge is 0.355 e. The average Bonchev–Trinajstić information content (AvgIpc) is 2.43. The minimum atomic E-state index is -1.02. The molecule has 0 aliphatic carbocycles. The molecule has 0 aliphatic rings. The second kappa shape index (κ2) is 7.58. The Morgan fingerprint density at radius 2 is 1.71 bits per heavy atom. The van der Waals surface area contributed by atoms with Gasteiger partial charge in [0.05, 0.1) is 4.92 Å². The molecule has 3 N–H and O–H groups in total. The molecule has 0 fully saturated rings. The van der Waals surface area contributed by atoms with Gasteiger partial charge in [0, 0.05) is 26.1 Å². The Bertz CT molecular complexity index is 573. The van der Waals surface area contributed by atoms with Crippen LogP contribution in [0.2, 0.25) is 0 Å². The number of benzene rings is 1. The molecule has 0 bridgehead atoms. The first-order chi connectivity index (χ1) is 9.91. The lowest BCUT2D eigenvalue weighted by molar-refractivity contribution is -0.383. The lowest BCUT2D eigenvalue weighted by Crippen LogP contribution is -2.39. The number of carbonyl (C=O) groups is 3. The zero-order valence-corrected chi connectivity index (χ0v) is 11.2. The molecule has 21 heavy (non-hydrogen) atoms. The molecule has 112 valence electrons. The first kappa shape index (κ1) is 16.1. The first-order valence-corrected chi connectivity index (χ1v) is 5.99. The van der Waals surface area contributed by atoms with Crippen molar-refractivity contribution in [2.45, 2.75) is 6.92 Å². The molecule has 0 saturated heterocycles. The zero-order valence-electron chi connectivity index (χ0n) is 11.2. The van der Waals surface area contributed by atoms with Crippen molar-refractivity contribution in [3.8, 4) is 0 Å². The molecule has 3 amide bonds. The van der Waals surface area contributed by atoms with Crippen molar-refractivity contribution >= 4 is 29.1 Å². The number of amides is 3. The molecule has 9 nitrogen and oxygen atoms in total. The van der Waals surface area contributed by atoms with Crippen LogP contribution < -0.4 is 16.0 Å². The Labute approximate surface area is 119 Å². The van der Waals surface area contributed by atoms with Gasteiger partial charge in [0.2, 0.25) is 5.91 Å². The fourth-order valence-electron chi connectivity index (χ4n) is 1.41. The summed E-state index contributed by atoms with van der Waals surface area (Å²) < 4.78 is 0. The summed E-state index contributed by atoms with van der Waals surface area (Å²) in [6.45, 7) is 1.58. The van der Waals surface area contributed by atoms with Crippen LogP contribution in [0.25, 0.3) is 0 Å². The highest BCUT2D eigenvalue weighted by Gasteiger charge is 2.18. The summed E-state index contributed by atoms with van der Waals surface area (Å²) in [6, 6.07) is 5.48. The summed E-state index contributed by atoms with van der Waals surface area (Å²) in [4.78, 5) is 43.7. The molecule has 0 saturated carbocycles. The Balaban J connectivity index is 2.55. The first-order valence-electron chi connectivity index (χ1n) is 5.99. The van der Waals surface area contributed by atoms with Gasteiger partial charge in [-0.1, -0.05) is 12.1 Å². The molecule has 0 atom stereocenters. The summed E-state index contributed by atoms with van der Waals surface area (Å²) in [7, 11) is 0. The van der Waals surface area contributed by atoms with Crippen molar-refractivity contribution in [1.29, 1.82) is 0 Å². The molecule has 0 aromatic heterocycles. The Kier molecular flexibility index (Phi) is 5.80. The van der Waals surface area contributed by atoms with Gasteiger partial charge in [-0.2, -0.15) is 0 Å². The number of nitro groups is 1. The Hall–Kier alpha value is -2.97. The number of para-hydroxylation sites is 2. The van der Waals surface area contributed by atoms with E-state index >= 15 is 0 Å². The number of hydrogen-bond acceptors (Lipinski definition) is 5. The van der Waals surface area contributed by atoms with Crippen LogP contribution in [-0.2, 0) is 14.4 Å². The smallest absolute Gasteiger partial charge is 0.313 e. The molecule has 0 unspecified atom stereocenters. The van der Waals surface area contributed by atoms with Gasteiger partial charge in [-0.05, 0) is 6.07 Å². The fourth-order valence-corrected chi connectivity index (χ4v) is 1.41. The molecular formula is C12H14N4O5. The van der Waals surface area contributed by atoms with Crippen molar-refractivity contribution in [1.82, 2.24) is 10.6 Å². The van der Waals surface area contributed by atoms with Crippen LogP contribution in [0.3, 0.4) is 0 Å². The highest BCUT2D eigenvalue weighted by atomic mass is 16.6. The molecule has 9 heteroatoms. The maximum Gasteiger partial charge on any atom is 0.313 e. The van der Waals surface area contributed by atoms with Crippen molar-refractivity contribution < 1.29 is 19.3 Å². The topological polar surface area (TPSA) is 130 Å². The Morgan fingerprint density at radius 3 is 2.33 bits per heavy atom. The van der Waals surface area contributed by atoms with E-state index in [1.54, 1.807) is 0 Å². The van der Waals surface area contributed by atoms with Gasteiger partial charge in [-0.15, -0.1) is 0 Å². The van der Waals surface area contributed by atoms with Crippen molar-refractivity contribution in [3.63, 3.8) is 0 Å². The van der Waals surface area contributed by atoms with E-state index in [-0.39, 0.29) is 30.4 Å². The molecule has 1 aromatic rings. The van der Waals surface area contributed by atoms with Crippen molar-refractivity contribution in [2.24, 2.45) is 0 Å². The van der Waals surface area contributed by atoms with Crippen LogP contribution in [0.4, 0.5) is 11.4 Å². The van der Waals surface area contributed by atoms with E-state index in [2.05, 4.69) is 16.0 Å². The molecule has 0 aliphatic heterocycles. The highest BCUT2D eigenvalue weighted by molar-refractivity contribution is 6.39. The van der Waals surface area contributed by atoms with E-state index < -0.39 is 16.7 Å². The maximum absolute atomic E-state index is 11.6. The van der Waals surface area contributed by atoms with E-state index in [0.29, 0.717) is 0 Å². The molecule has 1 rings (SSSR count). The fraction of sp³-hybridized carbons (Fsp3) is 0.250.